The summed E-state index contributed by atoms with van der Waals surface area (Å²) in [6.07, 6.45) is 39.1. The fraction of sp³-hybridized carbons (Fsp3) is 0.731. The van der Waals surface area contributed by atoms with E-state index in [4.69, 9.17) is 22.9 Å². The first-order chi connectivity index (χ1) is 30.7. The Kier molecular flexibility index (Phi) is 34.5. The number of esters is 2. The van der Waals surface area contributed by atoms with Crippen LogP contribution in [0.25, 0.3) is 0 Å². The summed E-state index contributed by atoms with van der Waals surface area (Å²) >= 11 is 0. The third-order valence-corrected chi connectivity index (χ3v) is 12.2. The number of aliphatic hydroxyl groups excluding tert-OH is 1. The third kappa shape index (κ3) is 33.7. The van der Waals surface area contributed by atoms with Crippen LogP contribution in [-0.4, -0.2) is 81.2 Å². The molecule has 0 spiro atoms. The van der Waals surface area contributed by atoms with Crippen LogP contribution < -0.4 is 4.89 Å². The minimum atomic E-state index is -4.66. The topological polar surface area (TPSA) is 145 Å². The molecule has 64 heavy (non-hydrogen) atoms. The number of likely N-dealkylation sites (N-methyl/N-ethyl adjacent to an activating group) is 1. The molecule has 0 aromatic carbocycles. The van der Waals surface area contributed by atoms with Gasteiger partial charge in [-0.25, -0.2) is 0 Å². The van der Waals surface area contributed by atoms with Gasteiger partial charge in [0.1, 0.15) is 31.3 Å². The number of aliphatic hydroxyl groups is 1. The van der Waals surface area contributed by atoms with Crippen molar-refractivity contribution < 1.29 is 51.6 Å². The van der Waals surface area contributed by atoms with Crippen LogP contribution in [0.5, 0.6) is 0 Å². The second-order valence-electron chi connectivity index (χ2n) is 18.2. The maximum atomic E-state index is 12.7. The normalized spacial score (nSPS) is 14.3. The highest BCUT2D eigenvalue weighted by Crippen LogP contribution is 2.38. The monoisotopic (exact) mass is 920 g/mol. The lowest BCUT2D eigenvalue weighted by atomic mass is 10.0. The van der Waals surface area contributed by atoms with Crippen LogP contribution in [0.4, 0.5) is 0 Å². The number of phosphoric ester groups is 1. The molecule has 0 radical (unpaired) electrons. The number of rotatable bonds is 41. The van der Waals surface area contributed by atoms with Gasteiger partial charge in [0.15, 0.2) is 6.10 Å². The van der Waals surface area contributed by atoms with Crippen molar-refractivity contribution in [2.75, 3.05) is 47.5 Å². The molecule has 1 aromatic heterocycles. The van der Waals surface area contributed by atoms with Crippen molar-refractivity contribution in [1.82, 2.24) is 0 Å². The molecular formula is C52H90NO10P. The van der Waals surface area contributed by atoms with Gasteiger partial charge in [-0.3, -0.25) is 14.2 Å². The Labute approximate surface area is 389 Å². The number of hydrogen-bond donors (Lipinski definition) is 1. The van der Waals surface area contributed by atoms with Gasteiger partial charge in [-0.15, -0.1) is 0 Å². The smallest absolute Gasteiger partial charge is 0.306 e. The van der Waals surface area contributed by atoms with Crippen molar-refractivity contribution >= 4 is 19.8 Å². The van der Waals surface area contributed by atoms with E-state index in [9.17, 15) is 24.2 Å². The van der Waals surface area contributed by atoms with Crippen molar-refractivity contribution in [3.8, 4) is 0 Å². The van der Waals surface area contributed by atoms with Crippen LogP contribution in [0, 0.1) is 13.8 Å². The lowest BCUT2D eigenvalue weighted by Gasteiger charge is -2.28. The third-order valence-electron chi connectivity index (χ3n) is 11.2. The predicted octanol–water partition coefficient (Wildman–Crippen LogP) is 12.2. The Balaban J connectivity index is 2.34. The minimum absolute atomic E-state index is 0.0541. The van der Waals surface area contributed by atoms with E-state index in [0.717, 1.165) is 70.6 Å². The Bertz CT molecular complexity index is 1520. The molecule has 0 saturated heterocycles. The molecule has 0 bridgehead atoms. The van der Waals surface area contributed by atoms with E-state index in [0.29, 0.717) is 30.3 Å². The van der Waals surface area contributed by atoms with Gasteiger partial charge in [0.05, 0.1) is 33.9 Å². The Morgan fingerprint density at radius 2 is 1.17 bits per heavy atom. The van der Waals surface area contributed by atoms with Crippen LogP contribution in [0.1, 0.15) is 184 Å². The minimum Gasteiger partial charge on any atom is -0.756 e. The second kappa shape index (κ2) is 37.3. The van der Waals surface area contributed by atoms with Gasteiger partial charge in [0.25, 0.3) is 7.82 Å². The van der Waals surface area contributed by atoms with Crippen molar-refractivity contribution in [3.05, 3.63) is 71.3 Å². The summed E-state index contributed by atoms with van der Waals surface area (Å²) in [5, 5.41) is 9.59. The van der Waals surface area contributed by atoms with Crippen molar-refractivity contribution in [2.24, 2.45) is 0 Å². The van der Waals surface area contributed by atoms with Crippen LogP contribution >= 0.6 is 7.82 Å². The number of carbonyl (C=O) groups is 2. The first-order valence-corrected chi connectivity index (χ1v) is 26.2. The maximum absolute atomic E-state index is 12.7. The number of carbonyl (C=O) groups excluding carboxylic acids is 2. The van der Waals surface area contributed by atoms with Crippen LogP contribution in [0.2, 0.25) is 0 Å². The zero-order valence-electron chi connectivity index (χ0n) is 41.3. The van der Waals surface area contributed by atoms with Gasteiger partial charge in [0.2, 0.25) is 0 Å². The largest absolute Gasteiger partial charge is 0.756 e. The Morgan fingerprint density at radius 1 is 0.672 bits per heavy atom. The van der Waals surface area contributed by atoms with Crippen LogP contribution in [0.3, 0.4) is 0 Å². The summed E-state index contributed by atoms with van der Waals surface area (Å²) in [5.74, 6) is 1.43. The van der Waals surface area contributed by atoms with E-state index < -0.39 is 32.5 Å². The lowest BCUT2D eigenvalue weighted by molar-refractivity contribution is -0.870. The van der Waals surface area contributed by atoms with Gasteiger partial charge in [0, 0.05) is 25.7 Å². The summed E-state index contributed by atoms with van der Waals surface area (Å²) in [6, 6.07) is 0. The maximum Gasteiger partial charge on any atom is 0.306 e. The van der Waals surface area contributed by atoms with Crippen LogP contribution in [-0.2, 0) is 45.5 Å². The zero-order valence-corrected chi connectivity index (χ0v) is 42.2. The van der Waals surface area contributed by atoms with E-state index >= 15 is 0 Å². The average Bonchev–Trinajstić information content (AvgIpc) is 3.51. The molecule has 1 aromatic rings. The molecule has 11 nitrogen and oxygen atoms in total. The van der Waals surface area contributed by atoms with Gasteiger partial charge >= 0.3 is 11.9 Å². The average molecular weight is 920 g/mol. The number of allylic oxidation sites excluding steroid dienone is 8. The van der Waals surface area contributed by atoms with E-state index in [2.05, 4.69) is 63.3 Å². The molecule has 1 unspecified atom stereocenters. The van der Waals surface area contributed by atoms with Gasteiger partial charge < -0.3 is 37.4 Å². The van der Waals surface area contributed by atoms with E-state index in [-0.39, 0.29) is 32.2 Å². The molecule has 1 rings (SSSR count). The molecule has 0 saturated carbocycles. The molecular weight excluding hydrogens is 830 g/mol. The highest BCUT2D eigenvalue weighted by atomic mass is 31.2. The van der Waals surface area contributed by atoms with E-state index in [1.54, 1.807) is 0 Å². The number of unbranched alkanes of at least 4 members (excludes halogenated alkanes) is 12. The Hall–Kier alpha value is -2.79. The van der Waals surface area contributed by atoms with Gasteiger partial charge in [-0.05, 0) is 95.6 Å². The van der Waals surface area contributed by atoms with Crippen molar-refractivity contribution in [3.63, 3.8) is 0 Å². The molecule has 0 aliphatic heterocycles. The summed E-state index contributed by atoms with van der Waals surface area (Å²) in [6.45, 7) is 8.21. The first kappa shape index (κ1) is 59.2. The lowest BCUT2D eigenvalue weighted by Crippen LogP contribution is -2.37. The molecule has 0 aliphatic carbocycles. The summed E-state index contributed by atoms with van der Waals surface area (Å²) < 4.78 is 40.2. The van der Waals surface area contributed by atoms with Gasteiger partial charge in [-0.2, -0.15) is 0 Å². The number of phosphoric acid groups is 1. The SMILES string of the molecule is CCCCCc1oc(CCCCCCCCCCCCC(=O)OC[C@H](COP(=O)([O-])OCC[N+](C)(C)C)OC(=O)CCC/C=C\C/C=C\C/C=C\C/C=C\CC[C@H](O)CC)c(C)c1C. The molecule has 0 amide bonds. The fourth-order valence-corrected chi connectivity index (χ4v) is 7.59. The number of ether oxygens (including phenoxy) is 2. The second-order valence-corrected chi connectivity index (χ2v) is 19.6. The summed E-state index contributed by atoms with van der Waals surface area (Å²) in [7, 11) is 1.09. The molecule has 368 valence electrons. The van der Waals surface area contributed by atoms with E-state index in [1.807, 2.05) is 34.1 Å². The van der Waals surface area contributed by atoms with Crippen molar-refractivity contribution in [2.45, 2.75) is 200 Å². The summed E-state index contributed by atoms with van der Waals surface area (Å²) in [5.41, 5.74) is 2.68. The molecule has 1 N–H and O–H groups in total. The highest BCUT2D eigenvalue weighted by molar-refractivity contribution is 7.45. The summed E-state index contributed by atoms with van der Waals surface area (Å²) in [4.78, 5) is 37.7. The first-order valence-electron chi connectivity index (χ1n) is 24.8. The molecule has 0 fully saturated rings. The van der Waals surface area contributed by atoms with E-state index in [1.165, 1.54) is 80.4 Å². The van der Waals surface area contributed by atoms with Crippen molar-refractivity contribution in [1.29, 1.82) is 0 Å². The molecule has 12 heteroatoms. The molecule has 0 aliphatic rings. The fourth-order valence-electron chi connectivity index (χ4n) is 6.86. The number of nitrogens with zero attached hydrogens (tertiary/aromatic N) is 1. The Morgan fingerprint density at radius 3 is 1.72 bits per heavy atom. The highest BCUT2D eigenvalue weighted by Gasteiger charge is 2.22. The molecule has 1 heterocycles. The quantitative estimate of drug-likeness (QED) is 0.0221. The molecule has 3 atom stereocenters. The number of furan rings is 1. The number of hydrogen-bond acceptors (Lipinski definition) is 10. The zero-order chi connectivity index (χ0) is 47.3. The number of quaternary nitrogens is 1. The van der Waals surface area contributed by atoms with Gasteiger partial charge in [-0.1, -0.05) is 127 Å². The number of aryl methyl sites for hydroxylation is 2. The predicted molar refractivity (Wildman–Crippen MR) is 259 cm³/mol. The standard InChI is InChI=1S/C52H90NO10P/c1-8-10-31-37-49-45(3)46(4)50(63-49)38-33-28-24-20-17-18-21-25-29-34-39-51(55)59-43-48(44-61-64(57,58)60-42-41-53(5,6)7)62-52(56)40-35-30-26-22-16-14-12-11-13-15-19-23-27-32-36-47(54)9-2/h12-15,22-23,26-27,47-48,54H,8-11,16-21,24-25,28-44H2,1-7H3/b14-12-,15-13-,26-22-,27-23-/t47-,48-/m1/s1. The van der Waals surface area contributed by atoms with Crippen LogP contribution in [0.15, 0.2) is 53.0 Å².